The largest absolute Gasteiger partial charge is 0.371 e. The van der Waals surface area contributed by atoms with E-state index in [-0.39, 0.29) is 36.1 Å². The SMILES string of the molecule is CC(C)(C)NC(=CC(=O)c1ccccc1)NCCN.Cl.Cl. The molecule has 1 rings (SSSR count). The molecule has 1 aromatic carbocycles. The maximum Gasteiger partial charge on any atom is 0.189 e. The Bertz CT molecular complexity index is 442. The molecule has 4 N–H and O–H groups in total. The van der Waals surface area contributed by atoms with Crippen LogP contribution < -0.4 is 16.4 Å². The predicted octanol–water partition coefficient (Wildman–Crippen LogP) is 2.49. The molecule has 0 aliphatic carbocycles. The number of allylic oxidation sites excluding steroid dienone is 1. The highest BCUT2D eigenvalue weighted by Crippen LogP contribution is 2.05. The van der Waals surface area contributed by atoms with E-state index in [1.54, 1.807) is 18.2 Å². The van der Waals surface area contributed by atoms with Crippen molar-refractivity contribution >= 4 is 30.6 Å². The first-order valence-corrected chi connectivity index (χ1v) is 6.45. The highest BCUT2D eigenvalue weighted by atomic mass is 35.5. The lowest BCUT2D eigenvalue weighted by Gasteiger charge is -2.25. The summed E-state index contributed by atoms with van der Waals surface area (Å²) < 4.78 is 0. The van der Waals surface area contributed by atoms with Gasteiger partial charge in [0, 0.05) is 30.3 Å². The van der Waals surface area contributed by atoms with E-state index in [0.29, 0.717) is 24.5 Å². The van der Waals surface area contributed by atoms with Crippen molar-refractivity contribution in [3.63, 3.8) is 0 Å². The van der Waals surface area contributed by atoms with Gasteiger partial charge in [0.2, 0.25) is 0 Å². The van der Waals surface area contributed by atoms with Crippen LogP contribution in [0.2, 0.25) is 0 Å². The Kier molecular flexibility index (Phi) is 11.0. The summed E-state index contributed by atoms with van der Waals surface area (Å²) in [5, 5.41) is 6.40. The van der Waals surface area contributed by atoms with Crippen LogP contribution in [-0.2, 0) is 0 Å². The Balaban J connectivity index is 0. The van der Waals surface area contributed by atoms with E-state index in [2.05, 4.69) is 10.6 Å². The number of nitrogens with one attached hydrogen (secondary N) is 2. The average molecular weight is 334 g/mol. The van der Waals surface area contributed by atoms with Gasteiger partial charge in [0.15, 0.2) is 5.78 Å². The summed E-state index contributed by atoms with van der Waals surface area (Å²) in [6, 6.07) is 9.20. The monoisotopic (exact) mass is 333 g/mol. The molecule has 21 heavy (non-hydrogen) atoms. The molecular formula is C15H25Cl2N3O. The van der Waals surface area contributed by atoms with Gasteiger partial charge in [0.05, 0.1) is 0 Å². The molecule has 0 aromatic heterocycles. The van der Waals surface area contributed by atoms with Crippen molar-refractivity contribution in [3.8, 4) is 0 Å². The molecule has 4 nitrogen and oxygen atoms in total. The van der Waals surface area contributed by atoms with Crippen molar-refractivity contribution < 1.29 is 4.79 Å². The Morgan fingerprint density at radius 2 is 1.76 bits per heavy atom. The molecule has 0 fully saturated rings. The fraction of sp³-hybridized carbons (Fsp3) is 0.400. The van der Waals surface area contributed by atoms with Gasteiger partial charge in [-0.25, -0.2) is 0 Å². The molecule has 0 aliphatic heterocycles. The molecule has 0 saturated carbocycles. The third kappa shape index (κ3) is 9.34. The van der Waals surface area contributed by atoms with Crippen LogP contribution in [-0.4, -0.2) is 24.4 Å². The molecule has 0 amide bonds. The van der Waals surface area contributed by atoms with Gasteiger partial charge in [-0.3, -0.25) is 4.79 Å². The molecule has 120 valence electrons. The van der Waals surface area contributed by atoms with Crippen LogP contribution in [0.3, 0.4) is 0 Å². The number of halogens is 2. The van der Waals surface area contributed by atoms with Crippen molar-refractivity contribution in [3.05, 3.63) is 47.8 Å². The van der Waals surface area contributed by atoms with Crippen LogP contribution in [0.15, 0.2) is 42.2 Å². The van der Waals surface area contributed by atoms with E-state index in [1.165, 1.54) is 0 Å². The number of carbonyl (C=O) groups excluding carboxylic acids is 1. The van der Waals surface area contributed by atoms with Gasteiger partial charge < -0.3 is 16.4 Å². The van der Waals surface area contributed by atoms with E-state index >= 15 is 0 Å². The minimum absolute atomic E-state index is 0. The lowest BCUT2D eigenvalue weighted by molar-refractivity contribution is 0.104. The van der Waals surface area contributed by atoms with Crippen LogP contribution in [0, 0.1) is 0 Å². The smallest absolute Gasteiger partial charge is 0.189 e. The van der Waals surface area contributed by atoms with Crippen LogP contribution >= 0.6 is 24.8 Å². The molecule has 0 heterocycles. The van der Waals surface area contributed by atoms with Gasteiger partial charge in [0.1, 0.15) is 5.82 Å². The van der Waals surface area contributed by atoms with Crippen molar-refractivity contribution in [2.75, 3.05) is 13.1 Å². The molecule has 0 atom stereocenters. The van der Waals surface area contributed by atoms with Gasteiger partial charge in [-0.05, 0) is 20.8 Å². The van der Waals surface area contributed by atoms with Crippen molar-refractivity contribution in [2.24, 2.45) is 5.73 Å². The highest BCUT2D eigenvalue weighted by Gasteiger charge is 2.12. The topological polar surface area (TPSA) is 67.2 Å². The first kappa shape index (κ1) is 22.1. The number of hydrogen-bond donors (Lipinski definition) is 3. The lowest BCUT2D eigenvalue weighted by atomic mass is 10.1. The zero-order valence-corrected chi connectivity index (χ0v) is 14.3. The maximum absolute atomic E-state index is 12.1. The second-order valence-corrected chi connectivity index (χ2v) is 5.38. The zero-order chi connectivity index (χ0) is 14.3. The molecule has 0 unspecified atom stereocenters. The van der Waals surface area contributed by atoms with Crippen molar-refractivity contribution in [1.29, 1.82) is 0 Å². The van der Waals surface area contributed by atoms with Gasteiger partial charge in [-0.15, -0.1) is 24.8 Å². The minimum Gasteiger partial charge on any atom is -0.371 e. The Morgan fingerprint density at radius 1 is 1.19 bits per heavy atom. The molecule has 0 bridgehead atoms. The quantitative estimate of drug-likeness (QED) is 0.552. The number of nitrogens with two attached hydrogens (primary N) is 1. The second-order valence-electron chi connectivity index (χ2n) is 5.38. The fourth-order valence-corrected chi connectivity index (χ4v) is 1.56. The average Bonchev–Trinajstić information content (AvgIpc) is 2.35. The number of hydrogen-bond acceptors (Lipinski definition) is 4. The van der Waals surface area contributed by atoms with Crippen LogP contribution in [0.25, 0.3) is 0 Å². The molecule has 0 radical (unpaired) electrons. The van der Waals surface area contributed by atoms with Crippen molar-refractivity contribution in [1.82, 2.24) is 10.6 Å². The Hall–Kier alpha value is -1.23. The zero-order valence-electron chi connectivity index (χ0n) is 12.7. The Morgan fingerprint density at radius 3 is 2.24 bits per heavy atom. The third-order valence-corrected chi connectivity index (χ3v) is 2.30. The summed E-state index contributed by atoms with van der Waals surface area (Å²) in [5.41, 5.74) is 6.03. The third-order valence-electron chi connectivity index (χ3n) is 2.30. The Labute approximate surface area is 139 Å². The fourth-order valence-electron chi connectivity index (χ4n) is 1.56. The number of carbonyl (C=O) groups is 1. The van der Waals surface area contributed by atoms with Crippen LogP contribution in [0.1, 0.15) is 31.1 Å². The number of benzene rings is 1. The van der Waals surface area contributed by atoms with Gasteiger partial charge >= 0.3 is 0 Å². The minimum atomic E-state index is -0.121. The first-order valence-electron chi connectivity index (χ1n) is 6.45. The summed E-state index contributed by atoms with van der Waals surface area (Å²) >= 11 is 0. The maximum atomic E-state index is 12.1. The normalized spacial score (nSPS) is 11.0. The highest BCUT2D eigenvalue weighted by molar-refractivity contribution is 6.04. The predicted molar refractivity (Wildman–Crippen MR) is 93.3 cm³/mol. The van der Waals surface area contributed by atoms with Crippen molar-refractivity contribution in [2.45, 2.75) is 26.3 Å². The molecule has 0 aliphatic rings. The molecular weight excluding hydrogens is 309 g/mol. The van der Waals surface area contributed by atoms with E-state index < -0.39 is 0 Å². The summed E-state index contributed by atoms with van der Waals surface area (Å²) in [6.45, 7) is 7.26. The van der Waals surface area contributed by atoms with Crippen LogP contribution in [0.5, 0.6) is 0 Å². The lowest BCUT2D eigenvalue weighted by Crippen LogP contribution is -2.41. The second kappa shape index (κ2) is 10.5. The van der Waals surface area contributed by atoms with E-state index in [1.807, 2.05) is 39.0 Å². The summed E-state index contributed by atoms with van der Waals surface area (Å²) in [4.78, 5) is 12.1. The van der Waals surface area contributed by atoms with Gasteiger partial charge in [0.25, 0.3) is 0 Å². The van der Waals surface area contributed by atoms with Gasteiger partial charge in [-0.2, -0.15) is 0 Å². The molecule has 6 heteroatoms. The van der Waals surface area contributed by atoms with Crippen LogP contribution in [0.4, 0.5) is 0 Å². The van der Waals surface area contributed by atoms with E-state index in [9.17, 15) is 4.79 Å². The van der Waals surface area contributed by atoms with E-state index in [0.717, 1.165) is 0 Å². The number of ketones is 1. The summed E-state index contributed by atoms with van der Waals surface area (Å²) in [6.07, 6.45) is 1.58. The standard InChI is InChI=1S/C15H23N3O.2ClH/c1-15(2,3)18-14(17-10-9-16)11-13(19)12-7-5-4-6-8-12;;/h4-8,11,17-18H,9-10,16H2,1-3H3;2*1H. The summed E-state index contributed by atoms with van der Waals surface area (Å²) in [7, 11) is 0. The molecule has 0 spiro atoms. The molecule has 0 saturated heterocycles. The van der Waals surface area contributed by atoms with Gasteiger partial charge in [-0.1, -0.05) is 30.3 Å². The first-order chi connectivity index (χ1) is 8.92. The number of rotatable bonds is 6. The summed E-state index contributed by atoms with van der Waals surface area (Å²) in [5.74, 6) is 0.670. The van der Waals surface area contributed by atoms with E-state index in [4.69, 9.17) is 5.73 Å². The molecule has 1 aromatic rings.